The lowest BCUT2D eigenvalue weighted by molar-refractivity contribution is 0.237. The number of benzene rings is 2. The van der Waals surface area contributed by atoms with Crippen molar-refractivity contribution in [2.45, 2.75) is 33.2 Å². The van der Waals surface area contributed by atoms with Crippen LogP contribution in [0.1, 0.15) is 27.7 Å². The summed E-state index contributed by atoms with van der Waals surface area (Å²) < 4.78 is 38.8. The Hall–Kier alpha value is -3.59. The smallest absolute Gasteiger partial charge is 0.329 e. The Balaban J connectivity index is 2.31. The molecule has 0 bridgehead atoms. The van der Waals surface area contributed by atoms with Gasteiger partial charge in [-0.1, -0.05) is 24.3 Å². The molecule has 0 fully saturated rings. The summed E-state index contributed by atoms with van der Waals surface area (Å²) in [6.45, 7) is 10.1. The minimum atomic E-state index is -4.30. The molecule has 0 spiro atoms. The monoisotopic (exact) mass is 471 g/mol. The molecule has 2 rings (SSSR count). The summed E-state index contributed by atoms with van der Waals surface area (Å²) in [5.41, 5.74) is 1.17. The Kier molecular flexibility index (Phi) is 8.42. The Morgan fingerprint density at radius 2 is 1.73 bits per heavy atom. The van der Waals surface area contributed by atoms with E-state index in [1.54, 1.807) is 53.0 Å². The van der Waals surface area contributed by atoms with Crippen molar-refractivity contribution in [3.05, 3.63) is 71.5 Å². The second kappa shape index (κ2) is 10.8. The van der Waals surface area contributed by atoms with Gasteiger partial charge in [-0.25, -0.2) is 17.9 Å². The second-order valence-corrected chi connectivity index (χ2v) is 9.65. The molecule has 9 heteroatoms. The fourth-order valence-corrected chi connectivity index (χ4v) is 3.84. The van der Waals surface area contributed by atoms with Gasteiger partial charge in [-0.2, -0.15) is 0 Å². The van der Waals surface area contributed by atoms with Crippen LogP contribution in [-0.4, -0.2) is 33.8 Å². The van der Waals surface area contributed by atoms with Crippen LogP contribution < -0.4 is 19.5 Å². The summed E-state index contributed by atoms with van der Waals surface area (Å²) in [4.78, 5) is 15.4. The van der Waals surface area contributed by atoms with Crippen molar-refractivity contribution in [1.82, 2.24) is 10.0 Å². The van der Waals surface area contributed by atoms with Crippen molar-refractivity contribution >= 4 is 22.8 Å². The molecule has 2 aromatic rings. The first-order chi connectivity index (χ1) is 15.5. The summed E-state index contributed by atoms with van der Waals surface area (Å²) in [5.74, 6) is 1.13. The molecule has 0 heterocycles. The van der Waals surface area contributed by atoms with E-state index in [1.165, 1.54) is 6.08 Å². The fraction of sp³-hybridized carbons (Fsp3) is 0.250. The number of amides is 2. The summed E-state index contributed by atoms with van der Waals surface area (Å²) in [7, 11) is -2.70. The zero-order valence-corrected chi connectivity index (χ0v) is 20.2. The zero-order valence-electron chi connectivity index (χ0n) is 19.4. The predicted molar refractivity (Wildman–Crippen MR) is 131 cm³/mol. The van der Waals surface area contributed by atoms with E-state index in [0.717, 1.165) is 23.1 Å². The molecule has 0 aromatic heterocycles. The molecule has 0 aliphatic carbocycles. The minimum absolute atomic E-state index is 0.00894. The van der Waals surface area contributed by atoms with E-state index in [0.29, 0.717) is 5.75 Å². The highest BCUT2D eigenvalue weighted by Crippen LogP contribution is 2.28. The maximum atomic E-state index is 12.9. The number of sulfonamides is 1. The molecule has 0 saturated heterocycles. The molecular formula is C24H29N3O5S. The standard InChI is InChI=1S/C24H29N3O5S/c1-7-21(22(16-25-5)33(29,30)27-23(28)26-24(2,3)4)32-20-10-8-9-18(15-20)17-11-13-19(31-6)14-12-17/h7-16H,5H2,1-4,6H3,(H2,26,27,28)/b21-7+,22-16+. The number of ether oxygens (including phenoxy) is 2. The van der Waals surface area contributed by atoms with Crippen LogP contribution in [0.2, 0.25) is 0 Å². The third-order valence-electron chi connectivity index (χ3n) is 4.20. The van der Waals surface area contributed by atoms with Gasteiger partial charge < -0.3 is 14.8 Å². The quantitative estimate of drug-likeness (QED) is 0.332. The summed E-state index contributed by atoms with van der Waals surface area (Å²) in [6, 6.07) is 13.8. The van der Waals surface area contributed by atoms with Gasteiger partial charge in [0.15, 0.2) is 0 Å². The molecule has 2 aromatic carbocycles. The van der Waals surface area contributed by atoms with E-state index in [9.17, 15) is 13.2 Å². The topological polar surface area (TPSA) is 106 Å². The highest BCUT2D eigenvalue weighted by atomic mass is 32.2. The van der Waals surface area contributed by atoms with Crippen LogP contribution in [0.4, 0.5) is 4.79 Å². The lowest BCUT2D eigenvalue weighted by atomic mass is 10.1. The molecule has 0 atom stereocenters. The third kappa shape index (κ3) is 7.50. The summed E-state index contributed by atoms with van der Waals surface area (Å²) in [5, 5.41) is 2.54. The van der Waals surface area contributed by atoms with Gasteiger partial charge in [0.1, 0.15) is 22.2 Å². The predicted octanol–water partition coefficient (Wildman–Crippen LogP) is 4.61. The van der Waals surface area contributed by atoms with Gasteiger partial charge >= 0.3 is 6.03 Å². The van der Waals surface area contributed by atoms with Crippen LogP contribution in [0.25, 0.3) is 11.1 Å². The van der Waals surface area contributed by atoms with Gasteiger partial charge in [-0.05, 0) is 75.9 Å². The molecule has 2 N–H and O–H groups in total. The van der Waals surface area contributed by atoms with Gasteiger partial charge in [0.05, 0.1) is 13.3 Å². The largest absolute Gasteiger partial charge is 0.497 e. The zero-order chi connectivity index (χ0) is 24.6. The van der Waals surface area contributed by atoms with Gasteiger partial charge in [-0.3, -0.25) is 4.99 Å². The lowest BCUT2D eigenvalue weighted by Gasteiger charge is -2.21. The van der Waals surface area contributed by atoms with Crippen LogP contribution in [0.15, 0.2) is 76.5 Å². The number of carbonyl (C=O) groups excluding carboxylic acids is 1. The van der Waals surface area contributed by atoms with Crippen molar-refractivity contribution in [1.29, 1.82) is 0 Å². The van der Waals surface area contributed by atoms with Crippen LogP contribution in [0, 0.1) is 0 Å². The van der Waals surface area contributed by atoms with E-state index < -0.39 is 21.6 Å². The molecule has 0 aliphatic heterocycles. The number of methoxy groups -OCH3 is 1. The summed E-state index contributed by atoms with van der Waals surface area (Å²) >= 11 is 0. The number of allylic oxidation sites excluding steroid dienone is 1. The molecule has 33 heavy (non-hydrogen) atoms. The van der Waals surface area contributed by atoms with Crippen molar-refractivity contribution < 1.29 is 22.7 Å². The van der Waals surface area contributed by atoms with Crippen molar-refractivity contribution in [2.24, 2.45) is 4.99 Å². The molecule has 0 unspecified atom stereocenters. The Labute approximate surface area is 195 Å². The number of hydrogen-bond donors (Lipinski definition) is 2. The second-order valence-electron chi connectivity index (χ2n) is 8.00. The lowest BCUT2D eigenvalue weighted by Crippen LogP contribution is -2.48. The Morgan fingerprint density at radius 1 is 1.06 bits per heavy atom. The molecule has 8 nitrogen and oxygen atoms in total. The van der Waals surface area contributed by atoms with E-state index in [4.69, 9.17) is 9.47 Å². The van der Waals surface area contributed by atoms with Gasteiger partial charge in [0.2, 0.25) is 0 Å². The average Bonchev–Trinajstić information content (AvgIpc) is 2.74. The Bertz CT molecular complexity index is 1160. The van der Waals surface area contributed by atoms with E-state index in [1.807, 2.05) is 35.1 Å². The maximum Gasteiger partial charge on any atom is 0.329 e. The third-order valence-corrected chi connectivity index (χ3v) is 5.54. The number of nitrogens with zero attached hydrogens (tertiary/aromatic N) is 1. The first kappa shape index (κ1) is 25.7. The first-order valence-corrected chi connectivity index (χ1v) is 11.6. The molecule has 0 saturated carbocycles. The number of aliphatic imine (C=N–C) groups is 1. The van der Waals surface area contributed by atoms with Crippen molar-refractivity contribution in [3.63, 3.8) is 0 Å². The highest BCUT2D eigenvalue weighted by Gasteiger charge is 2.27. The highest BCUT2D eigenvalue weighted by molar-refractivity contribution is 7.94. The van der Waals surface area contributed by atoms with E-state index in [-0.39, 0.29) is 10.7 Å². The number of rotatable bonds is 8. The number of urea groups is 1. The van der Waals surface area contributed by atoms with Gasteiger partial charge in [-0.15, -0.1) is 0 Å². The molecule has 0 radical (unpaired) electrons. The average molecular weight is 472 g/mol. The Morgan fingerprint density at radius 3 is 2.27 bits per heavy atom. The maximum absolute atomic E-state index is 12.9. The normalized spacial score (nSPS) is 12.6. The van der Waals surface area contributed by atoms with Crippen LogP contribution in [0.3, 0.4) is 0 Å². The fourth-order valence-electron chi connectivity index (χ4n) is 2.79. The number of hydrogen-bond acceptors (Lipinski definition) is 6. The molecule has 0 aliphatic rings. The number of carbonyl (C=O) groups is 1. The summed E-state index contributed by atoms with van der Waals surface area (Å²) in [6.07, 6.45) is 2.49. The van der Waals surface area contributed by atoms with Crippen molar-refractivity contribution in [2.75, 3.05) is 7.11 Å². The van der Waals surface area contributed by atoms with Crippen LogP contribution in [-0.2, 0) is 10.0 Å². The molecular weight excluding hydrogens is 442 g/mol. The van der Waals surface area contributed by atoms with E-state index in [2.05, 4.69) is 17.0 Å². The number of nitrogens with one attached hydrogen (secondary N) is 2. The van der Waals surface area contributed by atoms with Gasteiger partial charge in [0.25, 0.3) is 10.0 Å². The molecule has 176 valence electrons. The first-order valence-electron chi connectivity index (χ1n) is 10.1. The van der Waals surface area contributed by atoms with Crippen LogP contribution >= 0.6 is 0 Å². The van der Waals surface area contributed by atoms with Crippen LogP contribution in [0.5, 0.6) is 11.5 Å². The van der Waals surface area contributed by atoms with Crippen molar-refractivity contribution in [3.8, 4) is 22.6 Å². The SMILES string of the molecule is C=N/C=C(\C(=C/C)Oc1cccc(-c2ccc(OC)cc2)c1)S(=O)(=O)NC(=O)NC(C)(C)C. The van der Waals surface area contributed by atoms with E-state index >= 15 is 0 Å². The minimum Gasteiger partial charge on any atom is -0.497 e. The van der Waals surface area contributed by atoms with Gasteiger partial charge in [0, 0.05) is 5.54 Å². The molecule has 2 amide bonds.